The van der Waals surface area contributed by atoms with Crippen molar-refractivity contribution in [3.8, 4) is 11.1 Å². The van der Waals surface area contributed by atoms with Crippen LogP contribution in [0.5, 0.6) is 0 Å². The molecule has 4 nitrogen and oxygen atoms in total. The quantitative estimate of drug-likeness (QED) is 0.522. The zero-order chi connectivity index (χ0) is 23.1. The predicted molar refractivity (Wildman–Crippen MR) is 106 cm³/mol. The SMILES string of the molecule is OC(c1ccc(CN2CCCc3cc(-c4cn[nH]c4)ccc32)cc1)(C(F)(F)F)C(F)(F)F. The topological polar surface area (TPSA) is 52.1 Å². The van der Waals surface area contributed by atoms with Gasteiger partial charge in [0, 0.05) is 36.1 Å². The molecular weight excluding hydrogens is 436 g/mol. The summed E-state index contributed by atoms with van der Waals surface area (Å²) in [5.41, 5.74) is -1.62. The van der Waals surface area contributed by atoms with Crippen LogP contribution in [-0.4, -0.2) is 34.2 Å². The minimum atomic E-state index is -5.90. The monoisotopic (exact) mass is 455 g/mol. The van der Waals surface area contributed by atoms with E-state index in [-0.39, 0.29) is 0 Å². The molecule has 0 atom stereocenters. The van der Waals surface area contributed by atoms with Crippen molar-refractivity contribution in [2.24, 2.45) is 0 Å². The highest BCUT2D eigenvalue weighted by Crippen LogP contribution is 2.50. The number of aromatic nitrogens is 2. The first-order valence-electron chi connectivity index (χ1n) is 9.83. The zero-order valence-electron chi connectivity index (χ0n) is 16.6. The number of halogens is 6. The highest BCUT2D eigenvalue weighted by Gasteiger charge is 2.71. The molecule has 3 aromatic rings. The Labute approximate surface area is 179 Å². The summed E-state index contributed by atoms with van der Waals surface area (Å²) in [4.78, 5) is 2.03. The van der Waals surface area contributed by atoms with Crippen LogP contribution in [-0.2, 0) is 18.6 Å². The van der Waals surface area contributed by atoms with Gasteiger partial charge in [-0.2, -0.15) is 31.4 Å². The third-order valence-corrected chi connectivity index (χ3v) is 5.69. The maximum Gasteiger partial charge on any atom is 0.430 e. The van der Waals surface area contributed by atoms with Crippen LogP contribution in [0, 0.1) is 0 Å². The van der Waals surface area contributed by atoms with Gasteiger partial charge >= 0.3 is 12.4 Å². The van der Waals surface area contributed by atoms with Crippen molar-refractivity contribution < 1.29 is 31.4 Å². The predicted octanol–water partition coefficient (Wildman–Crippen LogP) is 5.34. The molecule has 4 rings (SSSR count). The Morgan fingerprint density at radius 3 is 2.22 bits per heavy atom. The average molecular weight is 455 g/mol. The number of nitrogens with one attached hydrogen (secondary N) is 1. The third kappa shape index (κ3) is 3.83. The molecule has 0 saturated heterocycles. The van der Waals surface area contributed by atoms with E-state index in [4.69, 9.17) is 0 Å². The summed E-state index contributed by atoms with van der Waals surface area (Å²) in [6.45, 7) is 1.02. The van der Waals surface area contributed by atoms with Crippen LogP contribution in [0.3, 0.4) is 0 Å². The lowest BCUT2D eigenvalue weighted by Crippen LogP contribution is -2.53. The van der Waals surface area contributed by atoms with Gasteiger partial charge in [-0.3, -0.25) is 5.10 Å². The number of hydrogen-bond acceptors (Lipinski definition) is 3. The van der Waals surface area contributed by atoms with Crippen LogP contribution in [0.15, 0.2) is 54.9 Å². The molecule has 0 radical (unpaired) electrons. The highest BCUT2D eigenvalue weighted by molar-refractivity contribution is 5.69. The summed E-state index contributed by atoms with van der Waals surface area (Å²) in [7, 11) is 0. The standard InChI is InChI=1S/C22H19F6N3O/c23-21(24,25)20(32,22(26,27)28)18-6-3-14(4-7-18)13-31-9-1-2-16-10-15(5-8-19(16)31)17-11-29-30-12-17/h3-8,10-12,32H,1-2,9,13H2,(H,29,30). The fourth-order valence-electron chi connectivity index (χ4n) is 3.99. The second-order valence-electron chi connectivity index (χ2n) is 7.76. The number of alkyl halides is 6. The normalized spacial score (nSPS) is 15.0. The van der Waals surface area contributed by atoms with Gasteiger partial charge in [0.15, 0.2) is 0 Å². The molecule has 0 amide bonds. The number of benzene rings is 2. The van der Waals surface area contributed by atoms with E-state index in [0.717, 1.165) is 35.2 Å². The van der Waals surface area contributed by atoms with E-state index in [0.29, 0.717) is 30.8 Å². The number of H-pyrrole nitrogens is 1. The van der Waals surface area contributed by atoms with Crippen molar-refractivity contribution in [3.05, 3.63) is 71.5 Å². The second-order valence-corrected chi connectivity index (χ2v) is 7.76. The molecule has 0 unspecified atom stereocenters. The van der Waals surface area contributed by atoms with Gasteiger partial charge in [-0.1, -0.05) is 30.3 Å². The van der Waals surface area contributed by atoms with E-state index >= 15 is 0 Å². The van der Waals surface area contributed by atoms with Gasteiger partial charge in [-0.25, -0.2) is 0 Å². The third-order valence-electron chi connectivity index (χ3n) is 5.69. The molecule has 1 aromatic heterocycles. The van der Waals surface area contributed by atoms with Gasteiger partial charge in [-0.05, 0) is 41.7 Å². The first-order valence-corrected chi connectivity index (χ1v) is 9.83. The molecular formula is C22H19F6N3O. The molecule has 2 N–H and O–H groups in total. The number of nitrogens with zero attached hydrogens (tertiary/aromatic N) is 2. The van der Waals surface area contributed by atoms with Crippen molar-refractivity contribution in [2.45, 2.75) is 37.3 Å². The van der Waals surface area contributed by atoms with Crippen LogP contribution in [0.4, 0.5) is 32.0 Å². The van der Waals surface area contributed by atoms with Crippen molar-refractivity contribution >= 4 is 5.69 Å². The number of hydrogen-bond donors (Lipinski definition) is 2. The van der Waals surface area contributed by atoms with E-state index in [9.17, 15) is 31.4 Å². The van der Waals surface area contributed by atoms with E-state index in [2.05, 4.69) is 16.3 Å². The Bertz CT molecular complexity index is 1060. The van der Waals surface area contributed by atoms with Gasteiger partial charge in [0.2, 0.25) is 0 Å². The molecule has 1 aliphatic rings. The fourth-order valence-corrected chi connectivity index (χ4v) is 3.99. The number of rotatable bonds is 4. The summed E-state index contributed by atoms with van der Waals surface area (Å²) in [5, 5.41) is 16.2. The number of aryl methyl sites for hydroxylation is 1. The molecule has 10 heteroatoms. The molecule has 0 saturated carbocycles. The van der Waals surface area contributed by atoms with Crippen molar-refractivity contribution in [1.82, 2.24) is 10.2 Å². The fraction of sp³-hybridized carbons (Fsp3) is 0.318. The molecule has 32 heavy (non-hydrogen) atoms. The minimum absolute atomic E-state index is 0.314. The summed E-state index contributed by atoms with van der Waals surface area (Å²) in [6.07, 6.45) is -6.57. The maximum absolute atomic E-state index is 13.1. The molecule has 0 bridgehead atoms. The molecule has 170 valence electrons. The van der Waals surface area contributed by atoms with Crippen molar-refractivity contribution in [1.29, 1.82) is 0 Å². The first-order chi connectivity index (χ1) is 15.0. The van der Waals surface area contributed by atoms with Crippen LogP contribution < -0.4 is 4.90 Å². The average Bonchev–Trinajstić information content (AvgIpc) is 3.27. The lowest BCUT2D eigenvalue weighted by molar-refractivity contribution is -0.376. The Morgan fingerprint density at radius 1 is 0.938 bits per heavy atom. The van der Waals surface area contributed by atoms with Gasteiger partial charge in [0.05, 0.1) is 6.20 Å². The Kier molecular flexibility index (Phi) is 5.44. The molecule has 0 spiro atoms. The second kappa shape index (κ2) is 7.84. The number of anilines is 1. The summed E-state index contributed by atoms with van der Waals surface area (Å²) < 4.78 is 78.5. The van der Waals surface area contributed by atoms with Gasteiger partial charge < -0.3 is 10.0 Å². The zero-order valence-corrected chi connectivity index (χ0v) is 16.6. The van der Waals surface area contributed by atoms with Crippen molar-refractivity contribution in [2.75, 3.05) is 11.4 Å². The van der Waals surface area contributed by atoms with Crippen molar-refractivity contribution in [3.63, 3.8) is 0 Å². The molecule has 0 aliphatic carbocycles. The Balaban J connectivity index is 1.58. The lowest BCUT2D eigenvalue weighted by Gasteiger charge is -2.33. The Morgan fingerprint density at radius 2 is 1.62 bits per heavy atom. The molecule has 1 aliphatic heterocycles. The van der Waals surface area contributed by atoms with E-state index in [1.807, 2.05) is 17.0 Å². The highest BCUT2D eigenvalue weighted by atomic mass is 19.4. The minimum Gasteiger partial charge on any atom is -0.369 e. The maximum atomic E-state index is 13.1. The van der Waals surface area contributed by atoms with Crippen LogP contribution in [0.2, 0.25) is 0 Å². The number of aromatic amines is 1. The van der Waals surface area contributed by atoms with E-state index < -0.39 is 23.5 Å². The van der Waals surface area contributed by atoms with Gasteiger partial charge in [0.25, 0.3) is 5.60 Å². The van der Waals surface area contributed by atoms with Crippen LogP contribution in [0.25, 0.3) is 11.1 Å². The largest absolute Gasteiger partial charge is 0.430 e. The van der Waals surface area contributed by atoms with Gasteiger partial charge in [-0.15, -0.1) is 0 Å². The summed E-state index contributed by atoms with van der Waals surface area (Å²) in [6, 6.07) is 9.70. The number of aliphatic hydroxyl groups is 1. The molecule has 0 fully saturated rings. The smallest absolute Gasteiger partial charge is 0.369 e. The Hall–Kier alpha value is -3.01. The van der Waals surface area contributed by atoms with Crippen LogP contribution in [0.1, 0.15) is 23.1 Å². The number of fused-ring (bicyclic) bond motifs is 1. The lowest BCUT2D eigenvalue weighted by atomic mass is 9.91. The van der Waals surface area contributed by atoms with Crippen LogP contribution >= 0.6 is 0 Å². The summed E-state index contributed by atoms with van der Waals surface area (Å²) in [5.74, 6) is 0. The van der Waals surface area contributed by atoms with Gasteiger partial charge in [0.1, 0.15) is 0 Å². The van der Waals surface area contributed by atoms with E-state index in [1.54, 1.807) is 12.4 Å². The summed E-state index contributed by atoms with van der Waals surface area (Å²) >= 11 is 0. The molecule has 2 aromatic carbocycles. The van der Waals surface area contributed by atoms with E-state index in [1.165, 1.54) is 12.1 Å². The molecule has 2 heterocycles. The first kappa shape index (κ1) is 22.2.